The molecule has 0 bridgehead atoms. The van der Waals surface area contributed by atoms with Crippen molar-refractivity contribution in [3.05, 3.63) is 11.4 Å². The Bertz CT molecular complexity index is 364. The lowest BCUT2D eigenvalue weighted by Gasteiger charge is -2.15. The lowest BCUT2D eigenvalue weighted by molar-refractivity contribution is -0.136. The largest absolute Gasteiger partial charge is 0.391 e. The van der Waals surface area contributed by atoms with Gasteiger partial charge >= 0.3 is 6.18 Å². The molecule has 1 heterocycles. The third-order valence-corrected chi connectivity index (χ3v) is 2.01. The highest BCUT2D eigenvalue weighted by molar-refractivity contribution is 5.25. The number of aryl methyl sites for hydroxylation is 2. The monoisotopic (exact) mass is 234 g/mol. The molecule has 0 saturated carbocycles. The maximum absolute atomic E-state index is 12.1. The van der Waals surface area contributed by atoms with Crippen molar-refractivity contribution in [3.63, 3.8) is 0 Å². The summed E-state index contributed by atoms with van der Waals surface area (Å²) in [6.45, 7) is 4.88. The summed E-state index contributed by atoms with van der Waals surface area (Å²) in [4.78, 5) is 3.99. The molecular weight excluding hydrogens is 221 g/mol. The summed E-state index contributed by atoms with van der Waals surface area (Å²) in [7, 11) is 0. The Balaban J connectivity index is 2.63. The second-order valence-corrected chi connectivity index (χ2v) is 3.67. The number of anilines is 1. The van der Waals surface area contributed by atoms with Crippen molar-refractivity contribution in [2.24, 2.45) is 0 Å². The van der Waals surface area contributed by atoms with E-state index >= 15 is 0 Å². The van der Waals surface area contributed by atoms with Gasteiger partial charge in [-0.2, -0.15) is 18.3 Å². The Morgan fingerprint density at radius 1 is 1.19 bits per heavy atom. The van der Waals surface area contributed by atoms with Gasteiger partial charge in [0.25, 0.3) is 0 Å². The lowest BCUT2D eigenvalue weighted by atomic mass is 10.2. The maximum Gasteiger partial charge on any atom is 0.391 e. The Morgan fingerprint density at radius 2 is 1.81 bits per heavy atom. The number of halogens is 3. The molecule has 90 valence electrons. The van der Waals surface area contributed by atoms with Gasteiger partial charge in [-0.1, -0.05) is 0 Å². The van der Waals surface area contributed by atoms with Crippen molar-refractivity contribution in [1.82, 2.24) is 15.2 Å². The Labute approximate surface area is 91.3 Å². The zero-order valence-corrected chi connectivity index (χ0v) is 9.26. The summed E-state index contributed by atoms with van der Waals surface area (Å²) in [5.74, 6) is 0.125. The standard InChI is InChI=1S/C9H13F3N4/c1-5(4-9(10,11)12)13-8-14-6(2)7(3)15-16-8/h5H,4H2,1-3H3,(H,13,14,16). The van der Waals surface area contributed by atoms with Crippen LogP contribution in [-0.4, -0.2) is 27.4 Å². The fourth-order valence-corrected chi connectivity index (χ4v) is 1.14. The quantitative estimate of drug-likeness (QED) is 0.871. The van der Waals surface area contributed by atoms with Gasteiger partial charge in [-0.3, -0.25) is 0 Å². The molecule has 0 fully saturated rings. The van der Waals surface area contributed by atoms with Crippen LogP contribution in [0.2, 0.25) is 0 Å². The Morgan fingerprint density at radius 3 is 2.31 bits per heavy atom. The summed E-state index contributed by atoms with van der Waals surface area (Å²) in [6, 6.07) is -0.774. The van der Waals surface area contributed by atoms with Crippen molar-refractivity contribution >= 4 is 5.95 Å². The van der Waals surface area contributed by atoms with Crippen LogP contribution in [-0.2, 0) is 0 Å². The van der Waals surface area contributed by atoms with Gasteiger partial charge in [0.2, 0.25) is 5.95 Å². The minimum Gasteiger partial charge on any atom is -0.350 e. The lowest BCUT2D eigenvalue weighted by Crippen LogP contribution is -2.25. The molecule has 0 aliphatic carbocycles. The zero-order valence-electron chi connectivity index (χ0n) is 9.26. The van der Waals surface area contributed by atoms with Crippen molar-refractivity contribution in [2.45, 2.75) is 39.4 Å². The van der Waals surface area contributed by atoms with Gasteiger partial charge in [0.1, 0.15) is 0 Å². The average Bonchev–Trinajstić information content (AvgIpc) is 2.08. The molecule has 1 aromatic heterocycles. The van der Waals surface area contributed by atoms with Crippen LogP contribution in [0.5, 0.6) is 0 Å². The van der Waals surface area contributed by atoms with Crippen LogP contribution >= 0.6 is 0 Å². The number of hydrogen-bond donors (Lipinski definition) is 1. The van der Waals surface area contributed by atoms with Gasteiger partial charge < -0.3 is 5.32 Å². The predicted octanol–water partition coefficient (Wildman–Crippen LogP) is 2.24. The number of alkyl halides is 3. The average molecular weight is 234 g/mol. The third kappa shape index (κ3) is 4.00. The van der Waals surface area contributed by atoms with E-state index in [0.29, 0.717) is 11.4 Å². The van der Waals surface area contributed by atoms with E-state index in [1.165, 1.54) is 6.92 Å². The van der Waals surface area contributed by atoms with E-state index in [1.807, 2.05) is 0 Å². The van der Waals surface area contributed by atoms with Crippen molar-refractivity contribution in [1.29, 1.82) is 0 Å². The summed E-state index contributed by atoms with van der Waals surface area (Å²) in [5.41, 5.74) is 1.31. The summed E-state index contributed by atoms with van der Waals surface area (Å²) in [5, 5.41) is 10.0. The molecule has 4 nitrogen and oxygen atoms in total. The van der Waals surface area contributed by atoms with Crippen LogP contribution in [0.15, 0.2) is 0 Å². The second-order valence-electron chi connectivity index (χ2n) is 3.67. The molecule has 0 aliphatic heterocycles. The molecule has 1 atom stereocenters. The first kappa shape index (κ1) is 12.7. The first-order valence-corrected chi connectivity index (χ1v) is 4.79. The molecule has 7 heteroatoms. The highest BCUT2D eigenvalue weighted by atomic mass is 19.4. The molecule has 0 saturated heterocycles. The van der Waals surface area contributed by atoms with Crippen molar-refractivity contribution < 1.29 is 13.2 Å². The first-order valence-electron chi connectivity index (χ1n) is 4.79. The second kappa shape index (κ2) is 4.63. The summed E-state index contributed by atoms with van der Waals surface area (Å²) in [6.07, 6.45) is -5.12. The van der Waals surface area contributed by atoms with Gasteiger partial charge in [-0.15, -0.1) is 5.10 Å². The molecule has 1 unspecified atom stereocenters. The number of rotatable bonds is 3. The van der Waals surface area contributed by atoms with Gasteiger partial charge in [0.15, 0.2) is 0 Å². The smallest absolute Gasteiger partial charge is 0.350 e. The zero-order chi connectivity index (χ0) is 12.3. The van der Waals surface area contributed by atoms with Crippen LogP contribution in [0, 0.1) is 13.8 Å². The minimum absolute atomic E-state index is 0.125. The van der Waals surface area contributed by atoms with E-state index in [9.17, 15) is 13.2 Å². The molecule has 0 aromatic carbocycles. The Hall–Kier alpha value is -1.40. The van der Waals surface area contributed by atoms with E-state index < -0.39 is 18.6 Å². The van der Waals surface area contributed by atoms with Crippen LogP contribution in [0.1, 0.15) is 24.7 Å². The SMILES string of the molecule is Cc1nnc(NC(C)CC(F)(F)F)nc1C. The number of aromatic nitrogens is 3. The van der Waals surface area contributed by atoms with E-state index in [4.69, 9.17) is 0 Å². The van der Waals surface area contributed by atoms with E-state index in [-0.39, 0.29) is 5.95 Å². The van der Waals surface area contributed by atoms with Gasteiger partial charge in [0.05, 0.1) is 17.8 Å². The predicted molar refractivity (Wildman–Crippen MR) is 53.1 cm³/mol. The van der Waals surface area contributed by atoms with Crippen molar-refractivity contribution in [2.75, 3.05) is 5.32 Å². The minimum atomic E-state index is -4.19. The molecule has 0 radical (unpaired) electrons. The fourth-order valence-electron chi connectivity index (χ4n) is 1.14. The first-order chi connectivity index (χ1) is 7.28. The maximum atomic E-state index is 12.1. The highest BCUT2D eigenvalue weighted by Gasteiger charge is 2.30. The van der Waals surface area contributed by atoms with Gasteiger partial charge in [0, 0.05) is 6.04 Å². The highest BCUT2D eigenvalue weighted by Crippen LogP contribution is 2.22. The number of nitrogens with one attached hydrogen (secondary N) is 1. The molecule has 1 rings (SSSR count). The molecular formula is C9H13F3N4. The molecule has 1 aromatic rings. The topological polar surface area (TPSA) is 50.7 Å². The number of nitrogens with zero attached hydrogens (tertiary/aromatic N) is 3. The number of hydrogen-bond acceptors (Lipinski definition) is 4. The molecule has 0 aliphatic rings. The normalized spacial score (nSPS) is 13.6. The third-order valence-electron chi connectivity index (χ3n) is 2.01. The summed E-state index contributed by atoms with van der Waals surface area (Å²) < 4.78 is 36.2. The van der Waals surface area contributed by atoms with Crippen LogP contribution < -0.4 is 5.32 Å². The van der Waals surface area contributed by atoms with Crippen molar-refractivity contribution in [3.8, 4) is 0 Å². The van der Waals surface area contributed by atoms with Gasteiger partial charge in [-0.25, -0.2) is 4.98 Å². The fraction of sp³-hybridized carbons (Fsp3) is 0.667. The molecule has 16 heavy (non-hydrogen) atoms. The molecule has 0 amide bonds. The van der Waals surface area contributed by atoms with Crippen LogP contribution in [0.4, 0.5) is 19.1 Å². The molecule has 1 N–H and O–H groups in total. The van der Waals surface area contributed by atoms with E-state index in [1.54, 1.807) is 13.8 Å². The van der Waals surface area contributed by atoms with Gasteiger partial charge in [-0.05, 0) is 20.8 Å². The van der Waals surface area contributed by atoms with E-state index in [2.05, 4.69) is 20.5 Å². The van der Waals surface area contributed by atoms with E-state index in [0.717, 1.165) is 0 Å². The van der Waals surface area contributed by atoms with Crippen LogP contribution in [0.25, 0.3) is 0 Å². The van der Waals surface area contributed by atoms with Crippen LogP contribution in [0.3, 0.4) is 0 Å². The summed E-state index contributed by atoms with van der Waals surface area (Å²) >= 11 is 0. The molecule has 0 spiro atoms. The Kier molecular flexibility index (Phi) is 3.66.